The number of nitrogens with one attached hydrogen (secondary N) is 1. The molecule has 0 radical (unpaired) electrons. The third-order valence-corrected chi connectivity index (χ3v) is 2.71. The fourth-order valence-electron chi connectivity index (χ4n) is 1.94. The van der Waals surface area contributed by atoms with Gasteiger partial charge >= 0.3 is 6.16 Å². The third kappa shape index (κ3) is 2.33. The molecule has 2 rings (SSSR count). The number of hydrogen-bond donors (Lipinski definition) is 1. The average Bonchev–Trinajstić information content (AvgIpc) is 2.83. The van der Waals surface area contributed by atoms with E-state index < -0.39 is 6.16 Å². The van der Waals surface area contributed by atoms with Crippen LogP contribution in [0.15, 0.2) is 24.3 Å². The molecule has 4 heteroatoms. The molecule has 1 aliphatic heterocycles. The number of hydrogen-bond acceptors (Lipinski definition) is 4. The van der Waals surface area contributed by atoms with E-state index in [1.807, 2.05) is 18.2 Å². The van der Waals surface area contributed by atoms with Gasteiger partial charge in [-0.25, -0.2) is 4.79 Å². The first-order valence-electron chi connectivity index (χ1n) is 5.39. The molecule has 0 aromatic heterocycles. The number of benzene rings is 1. The second-order valence-electron chi connectivity index (χ2n) is 3.74. The van der Waals surface area contributed by atoms with E-state index in [0.717, 1.165) is 24.9 Å². The molecule has 0 aliphatic carbocycles. The second kappa shape index (κ2) is 4.99. The molecule has 4 nitrogen and oxygen atoms in total. The predicted molar refractivity (Wildman–Crippen MR) is 59.5 cm³/mol. The molecule has 1 N–H and O–H groups in total. The van der Waals surface area contributed by atoms with Crippen LogP contribution < -0.4 is 10.1 Å². The van der Waals surface area contributed by atoms with Crippen molar-refractivity contribution in [3.05, 3.63) is 29.8 Å². The quantitative estimate of drug-likeness (QED) is 0.614. The van der Waals surface area contributed by atoms with Crippen LogP contribution in [0, 0.1) is 0 Å². The van der Waals surface area contributed by atoms with E-state index >= 15 is 0 Å². The first-order valence-corrected chi connectivity index (χ1v) is 5.39. The second-order valence-corrected chi connectivity index (χ2v) is 3.74. The lowest BCUT2D eigenvalue weighted by Gasteiger charge is -2.14. The third-order valence-electron chi connectivity index (χ3n) is 2.71. The Hall–Kier alpha value is -1.55. The largest absolute Gasteiger partial charge is 0.513 e. The molecular formula is C12H15NO3. The van der Waals surface area contributed by atoms with Crippen LogP contribution >= 0.6 is 0 Å². The van der Waals surface area contributed by atoms with Crippen LogP contribution in [0.1, 0.15) is 24.4 Å². The maximum Gasteiger partial charge on any atom is 0.513 e. The topological polar surface area (TPSA) is 47.6 Å². The molecule has 1 atom stereocenters. The monoisotopic (exact) mass is 221 g/mol. The Labute approximate surface area is 94.6 Å². The highest BCUT2D eigenvalue weighted by Gasteiger charge is 2.20. The smallest absolute Gasteiger partial charge is 0.437 e. The van der Waals surface area contributed by atoms with Crippen molar-refractivity contribution in [2.24, 2.45) is 0 Å². The molecule has 1 saturated heterocycles. The predicted octanol–water partition coefficient (Wildman–Crippen LogP) is 2.26. The van der Waals surface area contributed by atoms with Crippen molar-refractivity contribution in [1.29, 1.82) is 0 Å². The zero-order valence-corrected chi connectivity index (χ0v) is 9.23. The van der Waals surface area contributed by atoms with Gasteiger partial charge < -0.3 is 14.8 Å². The zero-order chi connectivity index (χ0) is 11.4. The molecule has 0 amide bonds. The summed E-state index contributed by atoms with van der Waals surface area (Å²) in [7, 11) is 1.30. The van der Waals surface area contributed by atoms with Gasteiger partial charge in [0, 0.05) is 11.6 Å². The van der Waals surface area contributed by atoms with Crippen molar-refractivity contribution in [3.8, 4) is 5.75 Å². The van der Waals surface area contributed by atoms with Crippen molar-refractivity contribution >= 4 is 6.16 Å². The molecule has 1 aromatic carbocycles. The molecular weight excluding hydrogens is 206 g/mol. The van der Waals surface area contributed by atoms with E-state index in [9.17, 15) is 4.79 Å². The Balaban J connectivity index is 2.19. The maximum absolute atomic E-state index is 11.1. The van der Waals surface area contributed by atoms with E-state index in [1.165, 1.54) is 7.11 Å². The summed E-state index contributed by atoms with van der Waals surface area (Å²) in [4.78, 5) is 11.1. The number of rotatable bonds is 2. The van der Waals surface area contributed by atoms with E-state index in [0.29, 0.717) is 5.75 Å². The van der Waals surface area contributed by atoms with Gasteiger partial charge in [0.05, 0.1) is 7.11 Å². The highest BCUT2D eigenvalue weighted by Crippen LogP contribution is 2.30. The van der Waals surface area contributed by atoms with Gasteiger partial charge in [0.2, 0.25) is 0 Å². The fourth-order valence-corrected chi connectivity index (χ4v) is 1.94. The summed E-state index contributed by atoms with van der Waals surface area (Å²) in [5.41, 5.74) is 1.02. The summed E-state index contributed by atoms with van der Waals surface area (Å²) in [6.45, 7) is 1.01. The molecule has 1 aliphatic rings. The van der Waals surface area contributed by atoms with Gasteiger partial charge in [-0.3, -0.25) is 0 Å². The van der Waals surface area contributed by atoms with Crippen molar-refractivity contribution in [2.75, 3.05) is 13.7 Å². The van der Waals surface area contributed by atoms with E-state index in [1.54, 1.807) is 6.07 Å². The number of ether oxygens (including phenoxy) is 2. The van der Waals surface area contributed by atoms with Crippen LogP contribution in [0.5, 0.6) is 5.75 Å². The van der Waals surface area contributed by atoms with Gasteiger partial charge in [-0.1, -0.05) is 18.2 Å². The van der Waals surface area contributed by atoms with Gasteiger partial charge in [0.1, 0.15) is 5.75 Å². The maximum atomic E-state index is 11.1. The van der Waals surface area contributed by atoms with E-state index in [4.69, 9.17) is 4.74 Å². The molecule has 86 valence electrons. The SMILES string of the molecule is COC(=O)Oc1ccccc1[C@@H]1CCCN1. The van der Waals surface area contributed by atoms with Crippen LogP contribution in [0.3, 0.4) is 0 Å². The Morgan fingerprint density at radius 1 is 1.44 bits per heavy atom. The Kier molecular flexibility index (Phi) is 3.41. The number of carbonyl (C=O) groups is 1. The first-order chi connectivity index (χ1) is 7.81. The summed E-state index contributed by atoms with van der Waals surface area (Å²) >= 11 is 0. The normalized spacial score (nSPS) is 19.4. The molecule has 1 fully saturated rings. The minimum Gasteiger partial charge on any atom is -0.437 e. The van der Waals surface area contributed by atoms with E-state index in [2.05, 4.69) is 10.1 Å². The molecule has 0 bridgehead atoms. The van der Waals surface area contributed by atoms with Gasteiger partial charge in [-0.2, -0.15) is 0 Å². The molecule has 0 saturated carbocycles. The van der Waals surface area contributed by atoms with Crippen LogP contribution in [0.25, 0.3) is 0 Å². The minimum atomic E-state index is -0.676. The van der Waals surface area contributed by atoms with Gasteiger partial charge in [0.15, 0.2) is 0 Å². The lowest BCUT2D eigenvalue weighted by molar-refractivity contribution is 0.121. The summed E-state index contributed by atoms with van der Waals surface area (Å²) in [6.07, 6.45) is 1.55. The Morgan fingerprint density at radius 3 is 2.94 bits per heavy atom. The first kappa shape index (κ1) is 11.0. The van der Waals surface area contributed by atoms with Crippen molar-refractivity contribution in [3.63, 3.8) is 0 Å². The minimum absolute atomic E-state index is 0.279. The molecule has 0 unspecified atom stereocenters. The van der Waals surface area contributed by atoms with Crippen molar-refractivity contribution in [2.45, 2.75) is 18.9 Å². The standard InChI is InChI=1S/C12H15NO3/c1-15-12(14)16-11-7-3-2-5-9(11)10-6-4-8-13-10/h2-3,5,7,10,13H,4,6,8H2,1H3/t10-/m0/s1. The van der Waals surface area contributed by atoms with Gasteiger partial charge in [-0.15, -0.1) is 0 Å². The van der Waals surface area contributed by atoms with Crippen LogP contribution in [0.2, 0.25) is 0 Å². The van der Waals surface area contributed by atoms with Crippen molar-refractivity contribution < 1.29 is 14.3 Å². The molecule has 1 aromatic rings. The average molecular weight is 221 g/mol. The Morgan fingerprint density at radius 2 is 2.25 bits per heavy atom. The summed E-state index contributed by atoms with van der Waals surface area (Å²) in [6, 6.07) is 7.82. The van der Waals surface area contributed by atoms with Crippen LogP contribution in [-0.4, -0.2) is 19.8 Å². The van der Waals surface area contributed by atoms with Crippen LogP contribution in [0.4, 0.5) is 4.79 Å². The van der Waals surface area contributed by atoms with Gasteiger partial charge in [-0.05, 0) is 25.5 Å². The lowest BCUT2D eigenvalue weighted by Crippen LogP contribution is -2.16. The fraction of sp³-hybridized carbons (Fsp3) is 0.417. The van der Waals surface area contributed by atoms with Crippen molar-refractivity contribution in [1.82, 2.24) is 5.32 Å². The van der Waals surface area contributed by atoms with E-state index in [-0.39, 0.29) is 6.04 Å². The highest BCUT2D eigenvalue weighted by atomic mass is 16.7. The van der Waals surface area contributed by atoms with Crippen LogP contribution in [-0.2, 0) is 4.74 Å². The summed E-state index contributed by atoms with van der Waals surface area (Å²) in [5, 5.41) is 3.37. The summed E-state index contributed by atoms with van der Waals surface area (Å²) in [5.74, 6) is 0.578. The number of para-hydroxylation sites is 1. The number of carbonyl (C=O) groups excluding carboxylic acids is 1. The molecule has 16 heavy (non-hydrogen) atoms. The molecule has 0 spiro atoms. The highest BCUT2D eigenvalue weighted by molar-refractivity contribution is 5.64. The summed E-state index contributed by atoms with van der Waals surface area (Å²) < 4.78 is 9.60. The van der Waals surface area contributed by atoms with Gasteiger partial charge in [0.25, 0.3) is 0 Å². The lowest BCUT2D eigenvalue weighted by atomic mass is 10.0. The zero-order valence-electron chi connectivity index (χ0n) is 9.23. The Bertz CT molecular complexity index is 372. The number of methoxy groups -OCH3 is 1. The molecule has 1 heterocycles.